The van der Waals surface area contributed by atoms with Crippen molar-refractivity contribution in [3.8, 4) is 16.9 Å². The van der Waals surface area contributed by atoms with E-state index in [1.807, 2.05) is 31.2 Å². The number of amides is 1. The van der Waals surface area contributed by atoms with Gasteiger partial charge in [0.1, 0.15) is 10.6 Å². The molecular weight excluding hydrogens is 456 g/mol. The lowest BCUT2D eigenvalue weighted by Gasteiger charge is -2.11. The fraction of sp³-hybridized carbons (Fsp3) is 0.280. The molecule has 0 unspecified atom stereocenters. The molecule has 9 heteroatoms. The van der Waals surface area contributed by atoms with Crippen LogP contribution in [0.1, 0.15) is 59.4 Å². The van der Waals surface area contributed by atoms with Crippen LogP contribution < -0.4 is 10.1 Å². The molecule has 178 valence electrons. The molecule has 0 atom stereocenters. The molecule has 1 N–H and O–H groups in total. The minimum Gasteiger partial charge on any atom is -0.490 e. The monoisotopic (exact) mass is 482 g/mol. The normalized spacial score (nSPS) is 10.7. The van der Waals surface area contributed by atoms with Gasteiger partial charge in [-0.05, 0) is 35.6 Å². The van der Waals surface area contributed by atoms with Gasteiger partial charge in [-0.25, -0.2) is 4.79 Å². The number of thiophene rings is 1. The minimum atomic E-state index is -0.618. The molecule has 1 aromatic heterocycles. The lowest BCUT2D eigenvalue weighted by atomic mass is 9.98. The molecule has 0 bridgehead atoms. The van der Waals surface area contributed by atoms with E-state index in [1.165, 1.54) is 36.1 Å². The van der Waals surface area contributed by atoms with Crippen molar-refractivity contribution in [2.24, 2.45) is 0 Å². The molecule has 0 aliphatic rings. The molecule has 0 radical (unpaired) electrons. The zero-order valence-corrected chi connectivity index (χ0v) is 20.2. The van der Waals surface area contributed by atoms with Gasteiger partial charge in [0.05, 0.1) is 18.6 Å². The molecule has 0 aliphatic carbocycles. The summed E-state index contributed by atoms with van der Waals surface area (Å²) >= 11 is 1.19. The van der Waals surface area contributed by atoms with Crippen molar-refractivity contribution in [2.45, 2.75) is 33.1 Å². The Kier molecular flexibility index (Phi) is 8.01. The Balaban J connectivity index is 1.98. The van der Waals surface area contributed by atoms with Crippen LogP contribution in [0.5, 0.6) is 5.75 Å². The number of esters is 1. The number of nitrogens with zero attached hydrogens (tertiary/aromatic N) is 1. The molecule has 3 aromatic rings. The van der Waals surface area contributed by atoms with Crippen LogP contribution in [-0.2, 0) is 4.74 Å². The molecule has 34 heavy (non-hydrogen) atoms. The predicted molar refractivity (Wildman–Crippen MR) is 132 cm³/mol. The number of carbonyl (C=O) groups excluding carboxylic acids is 2. The number of nitro benzene ring substituents is 1. The second-order valence-electron chi connectivity index (χ2n) is 7.86. The first kappa shape index (κ1) is 24.9. The molecule has 0 aliphatic heterocycles. The smallest absolute Gasteiger partial charge is 0.341 e. The number of methoxy groups -OCH3 is 1. The van der Waals surface area contributed by atoms with Crippen molar-refractivity contribution in [1.29, 1.82) is 0 Å². The maximum absolute atomic E-state index is 12.9. The molecular formula is C25H26N2O6S. The molecule has 1 amide bonds. The third-order valence-electron chi connectivity index (χ3n) is 5.19. The largest absolute Gasteiger partial charge is 0.490 e. The SMILES string of the molecule is CCCOC(=O)c1c(-c2ccc(C(C)C)cc2)csc1NC(=O)c1ccc(OC)c([N+](=O)[O-])c1. The van der Waals surface area contributed by atoms with E-state index >= 15 is 0 Å². The van der Waals surface area contributed by atoms with Crippen molar-refractivity contribution >= 4 is 33.9 Å². The molecule has 0 saturated heterocycles. The highest BCUT2D eigenvalue weighted by molar-refractivity contribution is 7.15. The van der Waals surface area contributed by atoms with Crippen molar-refractivity contribution in [2.75, 3.05) is 19.0 Å². The van der Waals surface area contributed by atoms with Crippen LogP contribution in [0.3, 0.4) is 0 Å². The van der Waals surface area contributed by atoms with Gasteiger partial charge < -0.3 is 14.8 Å². The summed E-state index contributed by atoms with van der Waals surface area (Å²) in [5.41, 5.74) is 2.64. The molecule has 1 heterocycles. The van der Waals surface area contributed by atoms with Crippen LogP contribution in [0.4, 0.5) is 10.7 Å². The Hall–Kier alpha value is -3.72. The first-order chi connectivity index (χ1) is 16.3. The second kappa shape index (κ2) is 10.9. The molecule has 0 saturated carbocycles. The van der Waals surface area contributed by atoms with Gasteiger partial charge in [0.2, 0.25) is 0 Å². The number of nitrogens with one attached hydrogen (secondary N) is 1. The summed E-state index contributed by atoms with van der Waals surface area (Å²) in [5.74, 6) is -0.705. The Labute approximate surface area is 201 Å². The number of anilines is 1. The summed E-state index contributed by atoms with van der Waals surface area (Å²) in [6.07, 6.45) is 0.658. The van der Waals surface area contributed by atoms with Crippen LogP contribution in [0, 0.1) is 10.1 Å². The van der Waals surface area contributed by atoms with Crippen molar-refractivity contribution in [3.05, 3.63) is 74.6 Å². The minimum absolute atomic E-state index is 0.0497. The number of carbonyl (C=O) groups is 2. The van der Waals surface area contributed by atoms with Crippen molar-refractivity contribution in [3.63, 3.8) is 0 Å². The van der Waals surface area contributed by atoms with Crippen molar-refractivity contribution in [1.82, 2.24) is 0 Å². The van der Waals surface area contributed by atoms with Gasteiger partial charge in [-0.3, -0.25) is 14.9 Å². The highest BCUT2D eigenvalue weighted by atomic mass is 32.1. The van der Waals surface area contributed by atoms with Gasteiger partial charge in [0.25, 0.3) is 5.91 Å². The highest BCUT2D eigenvalue weighted by Crippen LogP contribution is 2.37. The van der Waals surface area contributed by atoms with E-state index < -0.39 is 16.8 Å². The number of rotatable bonds is 9. The number of benzene rings is 2. The zero-order chi connectivity index (χ0) is 24.8. The number of ether oxygens (including phenoxy) is 2. The third kappa shape index (κ3) is 5.43. The van der Waals surface area contributed by atoms with Gasteiger partial charge in [-0.1, -0.05) is 45.0 Å². The maximum atomic E-state index is 12.9. The van der Waals surface area contributed by atoms with Crippen LogP contribution in [0.25, 0.3) is 11.1 Å². The summed E-state index contributed by atoms with van der Waals surface area (Å²) in [4.78, 5) is 36.6. The van der Waals surface area contributed by atoms with Gasteiger partial charge in [0, 0.05) is 22.6 Å². The first-order valence-corrected chi connectivity index (χ1v) is 11.7. The van der Waals surface area contributed by atoms with E-state index in [0.717, 1.165) is 11.6 Å². The fourth-order valence-electron chi connectivity index (χ4n) is 3.33. The van der Waals surface area contributed by atoms with Gasteiger partial charge in [-0.15, -0.1) is 11.3 Å². The molecule has 0 fully saturated rings. The molecule has 3 rings (SSSR count). The maximum Gasteiger partial charge on any atom is 0.341 e. The van der Waals surface area contributed by atoms with E-state index in [2.05, 4.69) is 19.2 Å². The average molecular weight is 483 g/mol. The van der Waals surface area contributed by atoms with Crippen LogP contribution in [0.15, 0.2) is 47.8 Å². The van der Waals surface area contributed by atoms with E-state index in [9.17, 15) is 19.7 Å². The number of nitro groups is 1. The first-order valence-electron chi connectivity index (χ1n) is 10.8. The van der Waals surface area contributed by atoms with Gasteiger partial charge in [-0.2, -0.15) is 0 Å². The standard InChI is InChI=1S/C25H26N2O6S/c1-5-12-33-25(29)22-19(17-8-6-16(7-9-17)15(2)3)14-34-24(22)26-23(28)18-10-11-21(32-4)20(13-18)27(30)31/h6-11,13-15H,5,12H2,1-4H3,(H,26,28). The second-order valence-corrected chi connectivity index (χ2v) is 8.74. The van der Waals surface area contributed by atoms with Crippen LogP contribution in [0.2, 0.25) is 0 Å². The van der Waals surface area contributed by atoms with E-state index in [-0.39, 0.29) is 29.2 Å². The molecule has 8 nitrogen and oxygen atoms in total. The molecule has 2 aromatic carbocycles. The average Bonchev–Trinajstić information content (AvgIpc) is 3.25. The Morgan fingerprint density at radius 1 is 1.15 bits per heavy atom. The van der Waals surface area contributed by atoms with Crippen molar-refractivity contribution < 1.29 is 24.0 Å². The lowest BCUT2D eigenvalue weighted by Crippen LogP contribution is -2.15. The number of hydrogen-bond acceptors (Lipinski definition) is 7. The zero-order valence-electron chi connectivity index (χ0n) is 19.4. The Morgan fingerprint density at radius 3 is 2.44 bits per heavy atom. The van der Waals surface area contributed by atoms with Gasteiger partial charge in [0.15, 0.2) is 5.75 Å². The predicted octanol–water partition coefficient (Wildman–Crippen LogP) is 6.27. The Morgan fingerprint density at radius 2 is 1.85 bits per heavy atom. The van der Waals surface area contributed by atoms with E-state index in [0.29, 0.717) is 22.9 Å². The van der Waals surface area contributed by atoms with Crippen LogP contribution in [-0.4, -0.2) is 30.5 Å². The Bertz CT molecular complexity index is 1200. The number of hydrogen-bond donors (Lipinski definition) is 1. The third-order valence-corrected chi connectivity index (χ3v) is 6.08. The van der Waals surface area contributed by atoms with E-state index in [1.54, 1.807) is 5.38 Å². The molecule has 0 spiro atoms. The quantitative estimate of drug-likeness (QED) is 0.219. The summed E-state index contributed by atoms with van der Waals surface area (Å²) in [5, 5.41) is 16.1. The summed E-state index contributed by atoms with van der Waals surface area (Å²) in [6.45, 7) is 6.35. The summed E-state index contributed by atoms with van der Waals surface area (Å²) < 4.78 is 10.4. The van der Waals surface area contributed by atoms with Crippen LogP contribution >= 0.6 is 11.3 Å². The van der Waals surface area contributed by atoms with Gasteiger partial charge >= 0.3 is 11.7 Å². The summed E-state index contributed by atoms with van der Waals surface area (Å²) in [6, 6.07) is 11.8. The highest BCUT2D eigenvalue weighted by Gasteiger charge is 2.25. The fourth-order valence-corrected chi connectivity index (χ4v) is 4.28. The lowest BCUT2D eigenvalue weighted by molar-refractivity contribution is -0.385. The summed E-state index contributed by atoms with van der Waals surface area (Å²) in [7, 11) is 1.32. The van der Waals surface area contributed by atoms with E-state index in [4.69, 9.17) is 9.47 Å². The topological polar surface area (TPSA) is 108 Å².